The van der Waals surface area contributed by atoms with Crippen molar-refractivity contribution in [2.24, 2.45) is 0 Å². The van der Waals surface area contributed by atoms with Gasteiger partial charge in [-0.25, -0.2) is 4.57 Å². The minimum absolute atomic E-state index is 0.0194. The smallest absolute Gasteiger partial charge is 0.462 e. The maximum Gasteiger partial charge on any atom is 0.472 e. The molecule has 0 aromatic rings. The Morgan fingerprint density at radius 3 is 1.70 bits per heavy atom. The van der Waals surface area contributed by atoms with Crippen LogP contribution in [0.3, 0.4) is 0 Å². The molecular weight excluding hydrogens is 701 g/mol. The van der Waals surface area contributed by atoms with Crippen molar-refractivity contribution in [2.45, 2.75) is 161 Å². The van der Waals surface area contributed by atoms with Crippen LogP contribution < -0.4 is 0 Å². The second kappa shape index (κ2) is 36.4. The molecule has 0 aliphatic rings. The molecule has 9 nitrogen and oxygen atoms in total. The van der Waals surface area contributed by atoms with E-state index in [9.17, 15) is 19.0 Å². The Kier molecular flexibility index (Phi) is 34.8. The summed E-state index contributed by atoms with van der Waals surface area (Å²) in [4.78, 5) is 35.3. The van der Waals surface area contributed by atoms with E-state index in [0.717, 1.165) is 51.4 Å². The van der Waals surface area contributed by atoms with Gasteiger partial charge in [0.05, 0.1) is 27.7 Å². The predicted molar refractivity (Wildman–Crippen MR) is 224 cm³/mol. The zero-order chi connectivity index (χ0) is 40.0. The highest BCUT2D eigenvalue weighted by Crippen LogP contribution is 2.43. The summed E-state index contributed by atoms with van der Waals surface area (Å²) in [6, 6.07) is 0. The summed E-state index contributed by atoms with van der Waals surface area (Å²) in [6.45, 7) is 4.20. The summed E-state index contributed by atoms with van der Waals surface area (Å²) in [6.07, 6.45) is 42.8. The lowest BCUT2D eigenvalue weighted by molar-refractivity contribution is -0.870. The first kappa shape index (κ1) is 51.7. The van der Waals surface area contributed by atoms with Crippen LogP contribution in [0.4, 0.5) is 0 Å². The molecule has 54 heavy (non-hydrogen) atoms. The highest BCUT2D eigenvalue weighted by Gasteiger charge is 2.27. The minimum Gasteiger partial charge on any atom is -0.462 e. The third-order valence-electron chi connectivity index (χ3n) is 8.64. The summed E-state index contributed by atoms with van der Waals surface area (Å²) in [5.41, 5.74) is 0. The number of carbonyl (C=O) groups is 2. The van der Waals surface area contributed by atoms with Crippen LogP contribution in [0.5, 0.6) is 0 Å². The van der Waals surface area contributed by atoms with Gasteiger partial charge in [0.1, 0.15) is 19.8 Å². The Hall–Kier alpha value is -2.29. The van der Waals surface area contributed by atoms with Gasteiger partial charge in [-0.15, -0.1) is 0 Å². The zero-order valence-electron chi connectivity index (χ0n) is 34.9. The van der Waals surface area contributed by atoms with Crippen LogP contribution in [0.2, 0.25) is 0 Å². The summed E-state index contributed by atoms with van der Waals surface area (Å²) in [5.74, 6) is -0.887. The molecule has 0 amide bonds. The van der Waals surface area contributed by atoms with E-state index in [1.54, 1.807) is 0 Å². The van der Waals surface area contributed by atoms with Crippen molar-refractivity contribution >= 4 is 19.8 Å². The number of carbonyl (C=O) groups excluding carboxylic acids is 2. The van der Waals surface area contributed by atoms with Gasteiger partial charge >= 0.3 is 19.8 Å². The monoisotopic (exact) mass is 781 g/mol. The quantitative estimate of drug-likeness (QED) is 0.0166. The number of likely N-dealkylation sites (N-methyl/N-ethyl adjacent to an activating group) is 1. The predicted octanol–water partition coefficient (Wildman–Crippen LogP) is 11.7. The lowest BCUT2D eigenvalue weighted by atomic mass is 10.1. The van der Waals surface area contributed by atoms with Crippen LogP contribution in [-0.2, 0) is 32.7 Å². The van der Waals surface area contributed by atoms with Gasteiger partial charge in [-0.2, -0.15) is 0 Å². The SMILES string of the molecule is CC/C=C/C=C/C=C/C=C/CCCCCCCC(=O)OC[C@H](COP(=O)(O)OCC[N+](C)(C)C)OC(=O)CC/C=C/CCCCCCCCCCCCC. The Morgan fingerprint density at radius 2 is 1.11 bits per heavy atom. The fourth-order valence-corrected chi connectivity index (χ4v) is 6.08. The number of phosphoric ester groups is 1. The lowest BCUT2D eigenvalue weighted by Gasteiger charge is -2.24. The number of allylic oxidation sites excluding steroid dienone is 10. The Balaban J connectivity index is 4.48. The Morgan fingerprint density at radius 1 is 0.593 bits per heavy atom. The molecule has 312 valence electrons. The first-order chi connectivity index (χ1) is 26.0. The molecule has 2 atom stereocenters. The van der Waals surface area contributed by atoms with Crippen LogP contribution >= 0.6 is 7.82 Å². The number of unbranched alkanes of at least 4 members (excludes halogenated alkanes) is 16. The van der Waals surface area contributed by atoms with Gasteiger partial charge < -0.3 is 18.9 Å². The summed E-state index contributed by atoms with van der Waals surface area (Å²) >= 11 is 0. The fraction of sp³-hybridized carbons (Fsp3) is 0.727. The first-order valence-electron chi connectivity index (χ1n) is 21.1. The standard InChI is InChI=1S/C44H78NO8P/c1-6-8-10-12-14-16-18-20-22-24-26-28-30-32-34-36-43(46)50-40-42(41-52-54(48,49)51-39-38-45(3,4)5)53-44(47)37-35-33-31-29-27-25-23-21-19-17-15-13-11-9-7-2/h8,10,12,14,16,18,20,22,31,33,42H,6-7,9,11,13,15,17,19,21,23-30,32,34-41H2,1-5H3/p+1/b10-8+,14-12+,18-16+,22-20+,33-31+/t42-/m1/s1. The molecule has 0 rings (SSSR count). The van der Waals surface area contributed by atoms with E-state index in [1.807, 2.05) is 57.6 Å². The van der Waals surface area contributed by atoms with Crippen LogP contribution in [0.1, 0.15) is 155 Å². The average molecular weight is 781 g/mol. The van der Waals surface area contributed by atoms with E-state index in [1.165, 1.54) is 64.2 Å². The molecular formula is C44H79NO8P+. The molecule has 0 radical (unpaired) electrons. The van der Waals surface area contributed by atoms with E-state index in [-0.39, 0.29) is 26.1 Å². The van der Waals surface area contributed by atoms with E-state index in [0.29, 0.717) is 23.9 Å². The van der Waals surface area contributed by atoms with Crippen molar-refractivity contribution < 1.29 is 42.1 Å². The molecule has 0 aromatic carbocycles. The van der Waals surface area contributed by atoms with Gasteiger partial charge in [0.2, 0.25) is 0 Å². The maximum atomic E-state index is 12.6. The van der Waals surface area contributed by atoms with Crippen molar-refractivity contribution in [3.63, 3.8) is 0 Å². The molecule has 0 saturated heterocycles. The van der Waals surface area contributed by atoms with Crippen LogP contribution in [0.15, 0.2) is 60.8 Å². The summed E-state index contributed by atoms with van der Waals surface area (Å²) < 4.78 is 34.2. The molecule has 1 N–H and O–H groups in total. The van der Waals surface area contributed by atoms with E-state index in [2.05, 4.69) is 38.2 Å². The molecule has 0 bridgehead atoms. The van der Waals surface area contributed by atoms with Crippen molar-refractivity contribution in [2.75, 3.05) is 47.5 Å². The van der Waals surface area contributed by atoms with Crippen molar-refractivity contribution in [3.8, 4) is 0 Å². The summed E-state index contributed by atoms with van der Waals surface area (Å²) in [5, 5.41) is 0. The van der Waals surface area contributed by atoms with E-state index >= 15 is 0 Å². The molecule has 0 aromatic heterocycles. The third-order valence-corrected chi connectivity index (χ3v) is 9.62. The van der Waals surface area contributed by atoms with Crippen LogP contribution in [-0.4, -0.2) is 74.9 Å². The normalized spacial score (nSPS) is 14.3. The number of rotatable bonds is 37. The van der Waals surface area contributed by atoms with Gasteiger partial charge in [0.15, 0.2) is 6.10 Å². The number of nitrogens with zero attached hydrogens (tertiary/aromatic N) is 1. The highest BCUT2D eigenvalue weighted by molar-refractivity contribution is 7.47. The lowest BCUT2D eigenvalue weighted by Crippen LogP contribution is -2.37. The Labute approximate surface area is 330 Å². The fourth-order valence-electron chi connectivity index (χ4n) is 5.33. The topological polar surface area (TPSA) is 108 Å². The summed E-state index contributed by atoms with van der Waals surface area (Å²) in [7, 11) is 1.43. The molecule has 10 heteroatoms. The van der Waals surface area contributed by atoms with Crippen molar-refractivity contribution in [3.05, 3.63) is 60.8 Å². The second-order valence-corrected chi connectivity index (χ2v) is 16.5. The number of phosphoric acid groups is 1. The first-order valence-corrected chi connectivity index (χ1v) is 22.6. The van der Waals surface area contributed by atoms with Crippen molar-refractivity contribution in [1.29, 1.82) is 0 Å². The number of esters is 2. The molecule has 0 aliphatic heterocycles. The third kappa shape index (κ3) is 39.4. The second-order valence-electron chi connectivity index (χ2n) is 15.1. The van der Waals surface area contributed by atoms with Crippen LogP contribution in [0, 0.1) is 0 Å². The molecule has 0 heterocycles. The highest BCUT2D eigenvalue weighted by atomic mass is 31.2. The molecule has 0 aliphatic carbocycles. The zero-order valence-corrected chi connectivity index (χ0v) is 35.8. The minimum atomic E-state index is -4.39. The van der Waals surface area contributed by atoms with Crippen molar-refractivity contribution in [1.82, 2.24) is 0 Å². The molecule has 1 unspecified atom stereocenters. The van der Waals surface area contributed by atoms with Gasteiger partial charge in [-0.1, -0.05) is 158 Å². The van der Waals surface area contributed by atoms with Gasteiger partial charge in [0, 0.05) is 12.8 Å². The van der Waals surface area contributed by atoms with E-state index < -0.39 is 32.5 Å². The number of quaternary nitrogens is 1. The average Bonchev–Trinajstić information content (AvgIpc) is 3.12. The molecule has 0 fully saturated rings. The maximum absolute atomic E-state index is 12.6. The number of hydrogen-bond acceptors (Lipinski definition) is 7. The number of ether oxygens (including phenoxy) is 2. The molecule has 0 spiro atoms. The Bertz CT molecular complexity index is 1110. The van der Waals surface area contributed by atoms with E-state index in [4.69, 9.17) is 18.5 Å². The van der Waals surface area contributed by atoms with Crippen LogP contribution in [0.25, 0.3) is 0 Å². The van der Waals surface area contributed by atoms with Gasteiger partial charge in [-0.05, 0) is 44.9 Å². The largest absolute Gasteiger partial charge is 0.472 e. The van der Waals surface area contributed by atoms with Gasteiger partial charge in [-0.3, -0.25) is 18.6 Å². The number of hydrogen-bond donors (Lipinski definition) is 1. The molecule has 0 saturated carbocycles. The van der Waals surface area contributed by atoms with Gasteiger partial charge in [0.25, 0.3) is 0 Å².